The number of primary amides is 1. The van der Waals surface area contributed by atoms with Gasteiger partial charge in [-0.15, -0.1) is 5.10 Å². The third-order valence-electron chi connectivity index (χ3n) is 2.11. The summed E-state index contributed by atoms with van der Waals surface area (Å²) in [4.78, 5) is 11.2. The molecule has 0 fully saturated rings. The summed E-state index contributed by atoms with van der Waals surface area (Å²) >= 11 is 5.79. The van der Waals surface area contributed by atoms with E-state index in [1.807, 2.05) is 0 Å². The van der Waals surface area contributed by atoms with E-state index in [2.05, 4.69) is 5.10 Å². The van der Waals surface area contributed by atoms with Gasteiger partial charge in [-0.2, -0.15) is 0 Å². The summed E-state index contributed by atoms with van der Waals surface area (Å²) in [6.45, 7) is 0. The summed E-state index contributed by atoms with van der Waals surface area (Å²) in [5.41, 5.74) is 11.7. The Hall–Kier alpha value is -2.01. The zero-order chi connectivity index (χ0) is 11.7. The van der Waals surface area contributed by atoms with Gasteiger partial charge in [0, 0.05) is 0 Å². The highest BCUT2D eigenvalue weighted by Gasteiger charge is 2.11. The third-order valence-corrected chi connectivity index (χ3v) is 2.40. The van der Waals surface area contributed by atoms with Crippen molar-refractivity contribution >= 4 is 23.3 Å². The van der Waals surface area contributed by atoms with Crippen molar-refractivity contribution < 1.29 is 4.79 Å². The minimum absolute atomic E-state index is 0.209. The fourth-order valence-electron chi connectivity index (χ4n) is 1.37. The van der Waals surface area contributed by atoms with Crippen LogP contribution in [0.15, 0.2) is 30.5 Å². The second-order valence-corrected chi connectivity index (χ2v) is 3.60. The second-order valence-electron chi connectivity index (χ2n) is 3.19. The zero-order valence-electron chi connectivity index (χ0n) is 8.22. The maximum absolute atomic E-state index is 11.2. The summed E-state index contributed by atoms with van der Waals surface area (Å²) in [7, 11) is 0. The smallest absolute Gasteiger partial charge is 0.250 e. The van der Waals surface area contributed by atoms with E-state index in [1.165, 1.54) is 10.9 Å². The SMILES string of the molecule is NC(=O)c1ccccc1-n1cc(Cl)c(N)n1. The van der Waals surface area contributed by atoms with Crippen molar-refractivity contribution in [3.05, 3.63) is 41.0 Å². The first kappa shape index (κ1) is 10.5. The highest BCUT2D eigenvalue weighted by molar-refractivity contribution is 6.32. The number of rotatable bonds is 2. The van der Waals surface area contributed by atoms with Gasteiger partial charge in [-0.05, 0) is 12.1 Å². The lowest BCUT2D eigenvalue weighted by Crippen LogP contribution is -2.14. The summed E-state index contributed by atoms with van der Waals surface area (Å²) in [5, 5.41) is 4.31. The quantitative estimate of drug-likeness (QED) is 0.822. The van der Waals surface area contributed by atoms with Crippen LogP contribution in [0.25, 0.3) is 5.69 Å². The van der Waals surface area contributed by atoms with Gasteiger partial charge in [0.2, 0.25) is 0 Å². The van der Waals surface area contributed by atoms with Crippen LogP contribution in [0.4, 0.5) is 5.82 Å². The fourth-order valence-corrected chi connectivity index (χ4v) is 1.50. The van der Waals surface area contributed by atoms with Crippen LogP contribution in [-0.4, -0.2) is 15.7 Å². The average Bonchev–Trinajstić information content (AvgIpc) is 2.59. The first-order valence-electron chi connectivity index (χ1n) is 4.49. The van der Waals surface area contributed by atoms with E-state index in [-0.39, 0.29) is 5.82 Å². The number of anilines is 1. The van der Waals surface area contributed by atoms with Gasteiger partial charge in [0.25, 0.3) is 5.91 Å². The molecule has 0 bridgehead atoms. The number of aromatic nitrogens is 2. The number of nitrogens with two attached hydrogens (primary N) is 2. The molecule has 2 rings (SSSR count). The predicted octanol–water partition coefficient (Wildman–Crippen LogP) is 1.21. The molecular formula is C10H9ClN4O. The van der Waals surface area contributed by atoms with Gasteiger partial charge in [0.1, 0.15) is 5.02 Å². The van der Waals surface area contributed by atoms with Gasteiger partial charge < -0.3 is 11.5 Å². The largest absolute Gasteiger partial charge is 0.381 e. The molecule has 1 heterocycles. The van der Waals surface area contributed by atoms with Gasteiger partial charge in [-0.1, -0.05) is 23.7 Å². The van der Waals surface area contributed by atoms with Crippen LogP contribution in [0.1, 0.15) is 10.4 Å². The lowest BCUT2D eigenvalue weighted by Gasteiger charge is -2.05. The van der Waals surface area contributed by atoms with Crippen molar-refractivity contribution in [1.82, 2.24) is 9.78 Å². The molecule has 0 aliphatic rings. The Morgan fingerprint density at radius 1 is 1.38 bits per heavy atom. The average molecular weight is 237 g/mol. The topological polar surface area (TPSA) is 86.9 Å². The number of hydrogen-bond donors (Lipinski definition) is 2. The molecule has 1 amide bonds. The van der Waals surface area contributed by atoms with Crippen molar-refractivity contribution in [3.8, 4) is 5.69 Å². The third kappa shape index (κ3) is 1.72. The van der Waals surface area contributed by atoms with Crippen LogP contribution < -0.4 is 11.5 Å². The molecule has 0 unspecified atom stereocenters. The maximum Gasteiger partial charge on any atom is 0.250 e. The van der Waals surface area contributed by atoms with E-state index in [1.54, 1.807) is 24.3 Å². The number of nitrogen functional groups attached to an aromatic ring is 1. The van der Waals surface area contributed by atoms with Crippen molar-refractivity contribution in [2.75, 3.05) is 5.73 Å². The van der Waals surface area contributed by atoms with Crippen molar-refractivity contribution in [2.45, 2.75) is 0 Å². The Morgan fingerprint density at radius 2 is 2.06 bits per heavy atom. The number of halogens is 1. The van der Waals surface area contributed by atoms with Crippen LogP contribution in [0.5, 0.6) is 0 Å². The van der Waals surface area contributed by atoms with E-state index >= 15 is 0 Å². The minimum atomic E-state index is -0.527. The van der Waals surface area contributed by atoms with Crippen LogP contribution >= 0.6 is 11.6 Å². The molecule has 5 nitrogen and oxygen atoms in total. The highest BCUT2D eigenvalue weighted by Crippen LogP contribution is 2.20. The monoisotopic (exact) mass is 236 g/mol. The molecule has 0 aliphatic heterocycles. The van der Waals surface area contributed by atoms with E-state index in [9.17, 15) is 4.79 Å². The number of para-hydroxylation sites is 1. The molecule has 0 aliphatic carbocycles. The van der Waals surface area contributed by atoms with Crippen molar-refractivity contribution in [3.63, 3.8) is 0 Å². The Bertz CT molecular complexity index is 530. The summed E-state index contributed by atoms with van der Waals surface area (Å²) in [6.07, 6.45) is 1.53. The summed E-state index contributed by atoms with van der Waals surface area (Å²) in [6, 6.07) is 6.82. The molecule has 1 aromatic heterocycles. The van der Waals surface area contributed by atoms with E-state index in [4.69, 9.17) is 23.1 Å². The highest BCUT2D eigenvalue weighted by atomic mass is 35.5. The van der Waals surface area contributed by atoms with E-state index in [0.29, 0.717) is 16.3 Å². The number of carbonyl (C=O) groups excluding carboxylic acids is 1. The Labute approximate surface area is 96.6 Å². The normalized spacial score (nSPS) is 10.3. The van der Waals surface area contributed by atoms with Gasteiger partial charge in [-0.25, -0.2) is 4.68 Å². The van der Waals surface area contributed by atoms with Crippen molar-refractivity contribution in [2.24, 2.45) is 5.73 Å². The molecule has 0 saturated heterocycles. The maximum atomic E-state index is 11.2. The number of nitrogens with zero attached hydrogens (tertiary/aromatic N) is 2. The number of hydrogen-bond acceptors (Lipinski definition) is 3. The van der Waals surface area contributed by atoms with Gasteiger partial charge >= 0.3 is 0 Å². The fraction of sp³-hybridized carbons (Fsp3) is 0. The van der Waals surface area contributed by atoms with E-state index in [0.717, 1.165) is 0 Å². The minimum Gasteiger partial charge on any atom is -0.381 e. The van der Waals surface area contributed by atoms with Gasteiger partial charge in [0.15, 0.2) is 5.82 Å². The molecule has 82 valence electrons. The molecule has 0 saturated carbocycles. The lowest BCUT2D eigenvalue weighted by atomic mass is 10.2. The molecule has 0 spiro atoms. The van der Waals surface area contributed by atoms with Crippen molar-refractivity contribution in [1.29, 1.82) is 0 Å². The Balaban J connectivity index is 2.59. The van der Waals surface area contributed by atoms with Crippen LogP contribution in [0.3, 0.4) is 0 Å². The Kier molecular flexibility index (Phi) is 2.54. The lowest BCUT2D eigenvalue weighted by molar-refractivity contribution is 0.1000. The van der Waals surface area contributed by atoms with Crippen LogP contribution in [0, 0.1) is 0 Å². The number of benzene rings is 1. The molecular weight excluding hydrogens is 228 g/mol. The Morgan fingerprint density at radius 3 is 2.62 bits per heavy atom. The molecule has 0 atom stereocenters. The molecule has 4 N–H and O–H groups in total. The second kappa shape index (κ2) is 3.86. The molecule has 2 aromatic rings. The predicted molar refractivity (Wildman–Crippen MR) is 61.5 cm³/mol. The van der Waals surface area contributed by atoms with Gasteiger partial charge in [-0.3, -0.25) is 4.79 Å². The summed E-state index contributed by atoms with van der Waals surface area (Å²) in [5.74, 6) is -0.318. The molecule has 1 aromatic carbocycles. The number of amides is 1. The molecule has 6 heteroatoms. The standard InChI is InChI=1S/C10H9ClN4O/c11-7-5-15(14-9(7)12)8-4-2-1-3-6(8)10(13)16/h1-5H,(H2,12,14)(H2,13,16). The number of carbonyl (C=O) groups is 1. The van der Waals surface area contributed by atoms with Crippen LogP contribution in [-0.2, 0) is 0 Å². The van der Waals surface area contributed by atoms with Gasteiger partial charge in [0.05, 0.1) is 17.4 Å². The zero-order valence-corrected chi connectivity index (χ0v) is 8.98. The van der Waals surface area contributed by atoms with E-state index < -0.39 is 5.91 Å². The molecule has 0 radical (unpaired) electrons. The first-order chi connectivity index (χ1) is 7.59. The summed E-state index contributed by atoms with van der Waals surface area (Å²) < 4.78 is 1.43. The molecule has 16 heavy (non-hydrogen) atoms. The van der Waals surface area contributed by atoms with Crippen LogP contribution in [0.2, 0.25) is 5.02 Å². The first-order valence-corrected chi connectivity index (χ1v) is 4.87.